The Hall–Kier alpha value is -1.60. The molecular weight excluding hydrogens is 314 g/mol. The molecule has 1 aliphatic heterocycles. The first-order valence-corrected chi connectivity index (χ1v) is 9.55. The molecule has 128 valence electrons. The molecule has 1 N–H and O–H groups in total. The number of anilines is 1. The van der Waals surface area contributed by atoms with Crippen molar-refractivity contribution in [2.45, 2.75) is 20.8 Å². The van der Waals surface area contributed by atoms with E-state index in [4.69, 9.17) is 0 Å². The van der Waals surface area contributed by atoms with E-state index in [1.54, 1.807) is 11.8 Å². The van der Waals surface area contributed by atoms with Crippen molar-refractivity contribution in [3.05, 3.63) is 29.3 Å². The van der Waals surface area contributed by atoms with Gasteiger partial charge >= 0.3 is 0 Å². The van der Waals surface area contributed by atoms with Gasteiger partial charge in [0.2, 0.25) is 15.9 Å². The van der Waals surface area contributed by atoms with Gasteiger partial charge in [0, 0.05) is 31.9 Å². The molecule has 0 radical (unpaired) electrons. The van der Waals surface area contributed by atoms with Crippen molar-refractivity contribution >= 4 is 21.6 Å². The Morgan fingerprint density at radius 3 is 2.43 bits per heavy atom. The second-order valence-corrected chi connectivity index (χ2v) is 7.91. The Kier molecular flexibility index (Phi) is 5.64. The molecule has 1 amide bonds. The summed E-state index contributed by atoms with van der Waals surface area (Å²) < 4.78 is 25.1. The van der Waals surface area contributed by atoms with Gasteiger partial charge in [-0.1, -0.05) is 12.1 Å². The van der Waals surface area contributed by atoms with Crippen molar-refractivity contribution in [1.82, 2.24) is 9.62 Å². The highest BCUT2D eigenvalue weighted by molar-refractivity contribution is 7.89. The molecule has 23 heavy (non-hydrogen) atoms. The molecular formula is C16H25N3O3S. The summed E-state index contributed by atoms with van der Waals surface area (Å²) in [6.07, 6.45) is 0. The fourth-order valence-corrected chi connectivity index (χ4v) is 3.21. The van der Waals surface area contributed by atoms with Gasteiger partial charge in [0.15, 0.2) is 0 Å². The summed E-state index contributed by atoms with van der Waals surface area (Å²) in [5.74, 6) is -0.177. The molecule has 1 fully saturated rings. The quantitative estimate of drug-likeness (QED) is 0.865. The smallest absolute Gasteiger partial charge is 0.237 e. The molecule has 1 aromatic rings. The molecule has 2 rings (SSSR count). The van der Waals surface area contributed by atoms with E-state index in [0.29, 0.717) is 13.1 Å². The lowest BCUT2D eigenvalue weighted by Crippen LogP contribution is -2.51. The summed E-state index contributed by atoms with van der Waals surface area (Å²) in [6, 6.07) is 6.25. The lowest BCUT2D eigenvalue weighted by molar-refractivity contribution is -0.130. The highest BCUT2D eigenvalue weighted by Gasteiger charge is 2.23. The third-order valence-corrected chi connectivity index (χ3v) is 5.72. The van der Waals surface area contributed by atoms with Gasteiger partial charge in [0.1, 0.15) is 0 Å². The van der Waals surface area contributed by atoms with Crippen molar-refractivity contribution in [3.63, 3.8) is 0 Å². The molecule has 0 unspecified atom stereocenters. The van der Waals surface area contributed by atoms with Crippen LogP contribution in [0.3, 0.4) is 0 Å². The monoisotopic (exact) mass is 339 g/mol. The topological polar surface area (TPSA) is 69.7 Å². The lowest BCUT2D eigenvalue weighted by Gasteiger charge is -2.37. The van der Waals surface area contributed by atoms with Gasteiger partial charge < -0.3 is 9.80 Å². The van der Waals surface area contributed by atoms with E-state index in [-0.39, 0.29) is 18.2 Å². The van der Waals surface area contributed by atoms with Crippen LogP contribution in [0.5, 0.6) is 0 Å². The first-order chi connectivity index (χ1) is 10.8. The predicted molar refractivity (Wildman–Crippen MR) is 92.2 cm³/mol. The number of rotatable bonds is 5. The van der Waals surface area contributed by atoms with E-state index in [1.807, 2.05) is 0 Å². The summed E-state index contributed by atoms with van der Waals surface area (Å²) >= 11 is 0. The number of piperazine rings is 1. The van der Waals surface area contributed by atoms with Crippen molar-refractivity contribution in [1.29, 1.82) is 0 Å². The molecule has 1 aromatic carbocycles. The van der Waals surface area contributed by atoms with Crippen LogP contribution in [0.25, 0.3) is 0 Å². The van der Waals surface area contributed by atoms with Gasteiger partial charge in [-0.3, -0.25) is 4.79 Å². The number of sulfonamides is 1. The van der Waals surface area contributed by atoms with Gasteiger partial charge in [0.05, 0.1) is 12.3 Å². The predicted octanol–water partition coefficient (Wildman–Crippen LogP) is 0.891. The van der Waals surface area contributed by atoms with Crippen LogP contribution >= 0.6 is 0 Å². The minimum atomic E-state index is -3.33. The van der Waals surface area contributed by atoms with Gasteiger partial charge in [-0.15, -0.1) is 0 Å². The third-order valence-electron chi connectivity index (χ3n) is 4.37. The Morgan fingerprint density at radius 2 is 1.83 bits per heavy atom. The van der Waals surface area contributed by atoms with E-state index in [9.17, 15) is 13.2 Å². The number of benzene rings is 1. The van der Waals surface area contributed by atoms with Gasteiger partial charge in [-0.25, -0.2) is 13.1 Å². The molecule has 0 atom stereocenters. The molecule has 7 heteroatoms. The number of amides is 1. The average molecular weight is 339 g/mol. The number of nitrogens with one attached hydrogen (secondary N) is 1. The van der Waals surface area contributed by atoms with Crippen LogP contribution in [-0.4, -0.2) is 57.7 Å². The first-order valence-electron chi connectivity index (χ1n) is 7.90. The minimum absolute atomic E-state index is 0.0132. The normalized spacial score (nSPS) is 15.8. The Bertz CT molecular complexity index is 665. The second-order valence-electron chi connectivity index (χ2n) is 5.81. The summed E-state index contributed by atoms with van der Waals surface area (Å²) in [5, 5.41) is 0. The number of aryl methyl sites for hydroxylation is 1. The van der Waals surface area contributed by atoms with Gasteiger partial charge in [0.25, 0.3) is 0 Å². The fourth-order valence-electron chi connectivity index (χ4n) is 2.66. The third kappa shape index (κ3) is 4.45. The van der Waals surface area contributed by atoms with E-state index in [1.165, 1.54) is 16.8 Å². The number of nitrogens with zero attached hydrogens (tertiary/aromatic N) is 2. The molecule has 0 saturated carbocycles. The Labute approximate surface area is 138 Å². The van der Waals surface area contributed by atoms with Crippen molar-refractivity contribution < 1.29 is 13.2 Å². The number of hydrogen-bond donors (Lipinski definition) is 1. The van der Waals surface area contributed by atoms with Crippen LogP contribution in [0.15, 0.2) is 18.2 Å². The lowest BCUT2D eigenvalue weighted by atomic mass is 10.1. The SMILES string of the molecule is CCS(=O)(=O)NCC(=O)N1CCN(c2cccc(C)c2C)CC1. The maximum Gasteiger partial charge on any atom is 0.237 e. The van der Waals surface area contributed by atoms with Crippen molar-refractivity contribution in [2.24, 2.45) is 0 Å². The van der Waals surface area contributed by atoms with E-state index < -0.39 is 10.0 Å². The van der Waals surface area contributed by atoms with Crippen molar-refractivity contribution in [3.8, 4) is 0 Å². The zero-order valence-corrected chi connectivity index (χ0v) is 14.8. The van der Waals surface area contributed by atoms with Crippen LogP contribution in [-0.2, 0) is 14.8 Å². The van der Waals surface area contributed by atoms with E-state index in [0.717, 1.165) is 13.1 Å². The summed E-state index contributed by atoms with van der Waals surface area (Å²) in [6.45, 7) is 8.35. The van der Waals surface area contributed by atoms with Crippen LogP contribution in [0.4, 0.5) is 5.69 Å². The zero-order chi connectivity index (χ0) is 17.0. The van der Waals surface area contributed by atoms with Crippen LogP contribution in [0.2, 0.25) is 0 Å². The molecule has 0 aromatic heterocycles. The average Bonchev–Trinajstić information content (AvgIpc) is 2.55. The molecule has 0 spiro atoms. The van der Waals surface area contributed by atoms with Crippen LogP contribution in [0, 0.1) is 13.8 Å². The Balaban J connectivity index is 1.91. The molecule has 1 saturated heterocycles. The standard InChI is InChI=1S/C16H25N3O3S/c1-4-23(21,22)17-12-16(20)19-10-8-18(9-11-19)15-7-5-6-13(2)14(15)3/h5-7,17H,4,8-12H2,1-3H3. The minimum Gasteiger partial charge on any atom is -0.368 e. The highest BCUT2D eigenvalue weighted by Crippen LogP contribution is 2.23. The second kappa shape index (κ2) is 7.31. The number of hydrogen-bond acceptors (Lipinski definition) is 4. The van der Waals surface area contributed by atoms with Gasteiger partial charge in [-0.2, -0.15) is 0 Å². The first kappa shape index (κ1) is 17.7. The molecule has 1 heterocycles. The highest BCUT2D eigenvalue weighted by atomic mass is 32.2. The fraction of sp³-hybridized carbons (Fsp3) is 0.562. The van der Waals surface area contributed by atoms with Crippen LogP contribution in [0.1, 0.15) is 18.1 Å². The number of carbonyl (C=O) groups excluding carboxylic acids is 1. The maximum absolute atomic E-state index is 12.1. The van der Waals surface area contributed by atoms with Crippen LogP contribution < -0.4 is 9.62 Å². The number of carbonyl (C=O) groups is 1. The Morgan fingerprint density at radius 1 is 1.17 bits per heavy atom. The largest absolute Gasteiger partial charge is 0.368 e. The molecule has 0 aliphatic carbocycles. The molecule has 1 aliphatic rings. The summed E-state index contributed by atoms with van der Waals surface area (Å²) in [5.41, 5.74) is 3.74. The summed E-state index contributed by atoms with van der Waals surface area (Å²) in [7, 11) is -3.33. The van der Waals surface area contributed by atoms with Gasteiger partial charge in [-0.05, 0) is 38.0 Å². The van der Waals surface area contributed by atoms with Crippen molar-refractivity contribution in [2.75, 3.05) is 43.4 Å². The maximum atomic E-state index is 12.1. The summed E-state index contributed by atoms with van der Waals surface area (Å²) in [4.78, 5) is 16.1. The molecule has 6 nitrogen and oxygen atoms in total. The van der Waals surface area contributed by atoms with E-state index in [2.05, 4.69) is 41.7 Å². The van der Waals surface area contributed by atoms with E-state index >= 15 is 0 Å². The zero-order valence-electron chi connectivity index (χ0n) is 14.0. The molecule has 0 bridgehead atoms.